The first-order valence-electron chi connectivity index (χ1n) is 10.8. The minimum absolute atomic E-state index is 0.269. The number of hydrogen-bond donors (Lipinski definition) is 0. The first-order valence-corrected chi connectivity index (χ1v) is 10.8. The largest absolute Gasteiger partial charge is 0.457 e. The van der Waals surface area contributed by atoms with Gasteiger partial charge in [0.25, 0.3) is 0 Å². The van der Waals surface area contributed by atoms with Crippen molar-refractivity contribution in [2.45, 2.75) is 6.61 Å². The average Bonchev–Trinajstić information content (AvgIpc) is 2.87. The second kappa shape index (κ2) is 7.51. The highest BCUT2D eigenvalue weighted by atomic mass is 16.5. The summed E-state index contributed by atoms with van der Waals surface area (Å²) in [5, 5.41) is 9.46. The van der Waals surface area contributed by atoms with Gasteiger partial charge in [0.2, 0.25) is 0 Å². The molecule has 0 unspecified atom stereocenters. The Morgan fingerprint density at radius 3 is 1.88 bits per heavy atom. The van der Waals surface area contributed by atoms with E-state index in [0.29, 0.717) is 5.56 Å². The molecule has 0 N–H and O–H groups in total. The SMILES string of the molecule is O=C(OCc1ccccc1)c1ccc2ccc3c(ccc4c5ccccc5ccc43)c2c1. The van der Waals surface area contributed by atoms with Crippen LogP contribution in [0.1, 0.15) is 15.9 Å². The Bertz CT molecular complexity index is 1630. The summed E-state index contributed by atoms with van der Waals surface area (Å²) in [5.41, 5.74) is 1.55. The quantitative estimate of drug-likeness (QED) is 0.220. The van der Waals surface area contributed by atoms with Crippen LogP contribution in [-0.2, 0) is 11.3 Å². The van der Waals surface area contributed by atoms with Crippen molar-refractivity contribution in [3.8, 4) is 0 Å². The molecule has 152 valence electrons. The maximum Gasteiger partial charge on any atom is 0.338 e. The molecule has 0 aliphatic heterocycles. The first kappa shape index (κ1) is 18.6. The van der Waals surface area contributed by atoms with Crippen LogP contribution in [0.15, 0.2) is 109 Å². The van der Waals surface area contributed by atoms with E-state index in [1.54, 1.807) is 0 Å². The third-order valence-corrected chi connectivity index (χ3v) is 6.19. The molecule has 0 spiro atoms. The van der Waals surface area contributed by atoms with Crippen molar-refractivity contribution in [3.05, 3.63) is 120 Å². The molecular weight excluding hydrogens is 392 g/mol. The molecule has 32 heavy (non-hydrogen) atoms. The van der Waals surface area contributed by atoms with Crippen LogP contribution in [-0.4, -0.2) is 5.97 Å². The van der Waals surface area contributed by atoms with E-state index in [0.717, 1.165) is 21.7 Å². The lowest BCUT2D eigenvalue weighted by molar-refractivity contribution is 0.0473. The molecule has 0 amide bonds. The zero-order valence-corrected chi connectivity index (χ0v) is 17.4. The summed E-state index contributed by atoms with van der Waals surface area (Å²) in [6, 6.07) is 37.1. The molecule has 0 atom stereocenters. The molecule has 0 bridgehead atoms. The minimum atomic E-state index is -0.306. The maximum atomic E-state index is 12.7. The molecule has 0 heterocycles. The van der Waals surface area contributed by atoms with E-state index in [2.05, 4.69) is 60.7 Å². The van der Waals surface area contributed by atoms with Crippen molar-refractivity contribution >= 4 is 49.1 Å². The van der Waals surface area contributed by atoms with Crippen molar-refractivity contribution in [1.29, 1.82) is 0 Å². The number of carbonyl (C=O) groups excluding carboxylic acids is 1. The van der Waals surface area contributed by atoms with Gasteiger partial charge in [0.1, 0.15) is 6.61 Å². The number of rotatable bonds is 3. The highest BCUT2D eigenvalue weighted by Gasteiger charge is 2.11. The molecular formula is C30H20O2. The molecule has 2 nitrogen and oxygen atoms in total. The summed E-state index contributed by atoms with van der Waals surface area (Å²) >= 11 is 0. The van der Waals surface area contributed by atoms with Gasteiger partial charge in [-0.05, 0) is 60.8 Å². The standard InChI is InChI=1S/C30H20O2/c31-30(32-19-20-6-2-1-3-7-20)23-11-10-22-13-15-27-26-14-12-21-8-4-5-9-24(21)25(26)16-17-28(27)29(22)18-23/h1-18H,19H2. The Kier molecular flexibility index (Phi) is 4.36. The normalized spacial score (nSPS) is 11.4. The predicted molar refractivity (Wildman–Crippen MR) is 132 cm³/mol. The molecule has 0 saturated heterocycles. The minimum Gasteiger partial charge on any atom is -0.457 e. The van der Waals surface area contributed by atoms with Crippen molar-refractivity contribution in [2.75, 3.05) is 0 Å². The molecule has 0 fully saturated rings. The Labute approximate surface area is 185 Å². The summed E-state index contributed by atoms with van der Waals surface area (Å²) in [4.78, 5) is 12.7. The van der Waals surface area contributed by atoms with E-state index in [-0.39, 0.29) is 12.6 Å². The number of hydrogen-bond acceptors (Lipinski definition) is 2. The van der Waals surface area contributed by atoms with Gasteiger partial charge in [0.05, 0.1) is 5.56 Å². The molecule has 6 rings (SSSR count). The van der Waals surface area contributed by atoms with E-state index in [4.69, 9.17) is 4.74 Å². The molecule has 0 radical (unpaired) electrons. The van der Waals surface area contributed by atoms with Crippen LogP contribution in [0.25, 0.3) is 43.1 Å². The molecule has 0 saturated carbocycles. The topological polar surface area (TPSA) is 26.3 Å². The van der Waals surface area contributed by atoms with Crippen LogP contribution in [0.3, 0.4) is 0 Å². The molecule has 6 aromatic carbocycles. The lowest BCUT2D eigenvalue weighted by atomic mass is 9.94. The van der Waals surface area contributed by atoms with Gasteiger partial charge in [-0.3, -0.25) is 0 Å². The molecule has 0 aliphatic carbocycles. The number of carbonyl (C=O) groups is 1. The van der Waals surface area contributed by atoms with E-state index in [1.807, 2.05) is 48.5 Å². The monoisotopic (exact) mass is 412 g/mol. The Hall–Kier alpha value is -4.17. The molecule has 6 aromatic rings. The fourth-order valence-corrected chi connectivity index (χ4v) is 4.57. The third-order valence-electron chi connectivity index (χ3n) is 6.19. The van der Waals surface area contributed by atoms with Gasteiger partial charge in [-0.2, -0.15) is 0 Å². The smallest absolute Gasteiger partial charge is 0.338 e. The van der Waals surface area contributed by atoms with Gasteiger partial charge < -0.3 is 4.74 Å². The lowest BCUT2D eigenvalue weighted by Gasteiger charge is -2.11. The summed E-state index contributed by atoms with van der Waals surface area (Å²) in [5.74, 6) is -0.306. The zero-order valence-electron chi connectivity index (χ0n) is 17.4. The van der Waals surface area contributed by atoms with Crippen LogP contribution in [0.2, 0.25) is 0 Å². The van der Waals surface area contributed by atoms with E-state index in [9.17, 15) is 4.79 Å². The van der Waals surface area contributed by atoms with E-state index in [1.165, 1.54) is 26.9 Å². The van der Waals surface area contributed by atoms with E-state index < -0.39 is 0 Å². The Morgan fingerprint density at radius 2 is 1.09 bits per heavy atom. The first-order chi connectivity index (χ1) is 15.8. The van der Waals surface area contributed by atoms with Crippen molar-refractivity contribution in [3.63, 3.8) is 0 Å². The number of fused-ring (bicyclic) bond motifs is 7. The predicted octanol–water partition coefficient (Wildman–Crippen LogP) is 7.66. The van der Waals surface area contributed by atoms with Crippen LogP contribution in [0.5, 0.6) is 0 Å². The van der Waals surface area contributed by atoms with Crippen LogP contribution >= 0.6 is 0 Å². The van der Waals surface area contributed by atoms with Crippen LogP contribution < -0.4 is 0 Å². The van der Waals surface area contributed by atoms with Gasteiger partial charge in [0.15, 0.2) is 0 Å². The van der Waals surface area contributed by atoms with Crippen LogP contribution in [0, 0.1) is 0 Å². The van der Waals surface area contributed by atoms with Gasteiger partial charge >= 0.3 is 5.97 Å². The van der Waals surface area contributed by atoms with Gasteiger partial charge in [-0.15, -0.1) is 0 Å². The summed E-state index contributed by atoms with van der Waals surface area (Å²) in [7, 11) is 0. The highest BCUT2D eigenvalue weighted by Crippen LogP contribution is 2.35. The van der Waals surface area contributed by atoms with Crippen molar-refractivity contribution in [1.82, 2.24) is 0 Å². The summed E-state index contributed by atoms with van der Waals surface area (Å²) < 4.78 is 5.55. The van der Waals surface area contributed by atoms with Gasteiger partial charge in [0, 0.05) is 0 Å². The van der Waals surface area contributed by atoms with Crippen molar-refractivity contribution in [2.24, 2.45) is 0 Å². The van der Waals surface area contributed by atoms with Gasteiger partial charge in [-0.25, -0.2) is 4.79 Å². The summed E-state index contributed by atoms with van der Waals surface area (Å²) in [6.45, 7) is 0.269. The molecule has 0 aliphatic rings. The lowest BCUT2D eigenvalue weighted by Crippen LogP contribution is -2.05. The fraction of sp³-hybridized carbons (Fsp3) is 0.0333. The second-order valence-corrected chi connectivity index (χ2v) is 8.11. The second-order valence-electron chi connectivity index (χ2n) is 8.11. The fourth-order valence-electron chi connectivity index (χ4n) is 4.57. The highest BCUT2D eigenvalue weighted by molar-refractivity contribution is 6.22. The average molecular weight is 412 g/mol. The molecule has 2 heteroatoms. The number of benzene rings is 6. The number of ether oxygens (including phenoxy) is 1. The molecule has 0 aromatic heterocycles. The zero-order chi connectivity index (χ0) is 21.5. The van der Waals surface area contributed by atoms with E-state index >= 15 is 0 Å². The van der Waals surface area contributed by atoms with Gasteiger partial charge in [-0.1, -0.05) is 97.1 Å². The maximum absolute atomic E-state index is 12.7. The van der Waals surface area contributed by atoms with Crippen molar-refractivity contribution < 1.29 is 9.53 Å². The Balaban J connectivity index is 1.46. The summed E-state index contributed by atoms with van der Waals surface area (Å²) in [6.07, 6.45) is 0. The Morgan fingerprint density at radius 1 is 0.531 bits per heavy atom. The third kappa shape index (κ3) is 3.09. The van der Waals surface area contributed by atoms with Crippen LogP contribution in [0.4, 0.5) is 0 Å². The number of esters is 1.